The molecule has 3 aromatic heterocycles. The predicted molar refractivity (Wildman–Crippen MR) is 68.6 cm³/mol. The smallest absolute Gasteiger partial charge is 0.191 e. The predicted octanol–water partition coefficient (Wildman–Crippen LogP) is 2.51. The second kappa shape index (κ2) is 5.31. The first kappa shape index (κ1) is 12.0. The van der Waals surface area contributed by atoms with Crippen molar-refractivity contribution in [3.8, 4) is 0 Å². The number of thioether (sulfide) groups is 1. The summed E-state index contributed by atoms with van der Waals surface area (Å²) in [6.07, 6.45) is 3.35. The van der Waals surface area contributed by atoms with Gasteiger partial charge < -0.3 is 13.5 Å². The van der Waals surface area contributed by atoms with Gasteiger partial charge in [0.05, 0.1) is 24.3 Å². The van der Waals surface area contributed by atoms with Gasteiger partial charge in [0.1, 0.15) is 17.8 Å². The molecule has 0 spiro atoms. The van der Waals surface area contributed by atoms with Crippen LogP contribution in [0.15, 0.2) is 44.9 Å². The number of hydrogen-bond donors (Lipinski definition) is 0. The maximum Gasteiger partial charge on any atom is 0.191 e. The molecule has 0 bridgehead atoms. The Hall–Kier alpha value is -2.02. The van der Waals surface area contributed by atoms with Gasteiger partial charge in [0, 0.05) is 6.07 Å². The summed E-state index contributed by atoms with van der Waals surface area (Å²) < 4.78 is 12.4. The molecule has 7 heteroatoms. The Bertz CT molecular complexity index is 644. The van der Waals surface area contributed by atoms with E-state index in [1.54, 1.807) is 24.4 Å². The molecule has 3 rings (SSSR count). The van der Waals surface area contributed by atoms with Gasteiger partial charge in [-0.2, -0.15) is 0 Å². The second-order valence-electron chi connectivity index (χ2n) is 4.04. The molecule has 19 heavy (non-hydrogen) atoms. The van der Waals surface area contributed by atoms with Gasteiger partial charge >= 0.3 is 0 Å². The van der Waals surface area contributed by atoms with Crippen molar-refractivity contribution in [2.24, 2.45) is 0 Å². The molecule has 3 heterocycles. The summed E-state index contributed by atoms with van der Waals surface area (Å²) in [6.45, 7) is 2.52. The molecular weight excluding hydrogens is 264 g/mol. The minimum atomic E-state index is 0.623. The van der Waals surface area contributed by atoms with Crippen LogP contribution in [0.25, 0.3) is 0 Å². The Morgan fingerprint density at radius 3 is 3.05 bits per heavy atom. The molecule has 0 atom stereocenters. The molecule has 98 valence electrons. The Labute approximate surface area is 113 Å². The van der Waals surface area contributed by atoms with E-state index in [1.165, 1.54) is 0 Å². The first-order chi connectivity index (χ1) is 9.31. The number of furan rings is 1. The van der Waals surface area contributed by atoms with Crippen LogP contribution < -0.4 is 0 Å². The first-order valence-corrected chi connectivity index (χ1v) is 6.75. The number of nitrogens with zero attached hydrogens (tertiary/aromatic N) is 4. The van der Waals surface area contributed by atoms with Crippen LogP contribution in [0.2, 0.25) is 0 Å². The molecule has 0 aliphatic rings. The molecule has 0 aliphatic heterocycles. The zero-order valence-corrected chi connectivity index (χ0v) is 11.1. The van der Waals surface area contributed by atoms with Crippen LogP contribution in [0, 0.1) is 6.92 Å². The summed E-state index contributed by atoms with van der Waals surface area (Å²) in [5, 5.41) is 12.7. The largest absolute Gasteiger partial charge is 0.467 e. The topological polar surface area (TPSA) is 69.9 Å². The average Bonchev–Trinajstić information content (AvgIpc) is 3.10. The van der Waals surface area contributed by atoms with Gasteiger partial charge in [-0.05, 0) is 19.1 Å². The molecule has 0 radical (unpaired) electrons. The highest BCUT2D eigenvalue weighted by Gasteiger charge is 2.09. The summed E-state index contributed by atoms with van der Waals surface area (Å²) in [6, 6.07) is 5.71. The van der Waals surface area contributed by atoms with Crippen molar-refractivity contribution in [2.45, 2.75) is 24.4 Å². The van der Waals surface area contributed by atoms with E-state index in [4.69, 9.17) is 8.94 Å². The summed E-state index contributed by atoms with van der Waals surface area (Å²) in [5.74, 6) is 2.38. The molecule has 0 unspecified atom stereocenters. The lowest BCUT2D eigenvalue weighted by atomic mass is 10.4. The third-order valence-electron chi connectivity index (χ3n) is 2.51. The highest BCUT2D eigenvalue weighted by molar-refractivity contribution is 7.98. The van der Waals surface area contributed by atoms with Gasteiger partial charge in [0.25, 0.3) is 0 Å². The summed E-state index contributed by atoms with van der Waals surface area (Å²) >= 11 is 1.56. The van der Waals surface area contributed by atoms with Crippen LogP contribution >= 0.6 is 11.8 Å². The summed E-state index contributed by atoms with van der Waals surface area (Å²) in [5.41, 5.74) is 0.882. The zero-order chi connectivity index (χ0) is 13.1. The van der Waals surface area contributed by atoms with Crippen molar-refractivity contribution in [1.82, 2.24) is 19.9 Å². The lowest BCUT2D eigenvalue weighted by molar-refractivity contribution is 0.391. The quantitative estimate of drug-likeness (QED) is 0.667. The molecule has 0 aromatic carbocycles. The minimum Gasteiger partial charge on any atom is -0.467 e. The van der Waals surface area contributed by atoms with E-state index in [0.717, 1.165) is 22.4 Å². The number of rotatable bonds is 5. The molecule has 0 N–H and O–H groups in total. The van der Waals surface area contributed by atoms with Crippen molar-refractivity contribution >= 4 is 11.8 Å². The molecule has 0 fully saturated rings. The Balaban J connectivity index is 1.66. The number of aromatic nitrogens is 4. The van der Waals surface area contributed by atoms with E-state index < -0.39 is 0 Å². The van der Waals surface area contributed by atoms with Gasteiger partial charge in [0.2, 0.25) is 0 Å². The Morgan fingerprint density at radius 2 is 2.32 bits per heavy atom. The van der Waals surface area contributed by atoms with E-state index in [1.807, 2.05) is 29.7 Å². The van der Waals surface area contributed by atoms with E-state index in [0.29, 0.717) is 12.3 Å². The van der Waals surface area contributed by atoms with Crippen molar-refractivity contribution in [1.29, 1.82) is 0 Å². The van der Waals surface area contributed by atoms with Crippen molar-refractivity contribution in [3.05, 3.63) is 48.0 Å². The van der Waals surface area contributed by atoms with E-state index >= 15 is 0 Å². The molecule has 0 amide bonds. The van der Waals surface area contributed by atoms with Gasteiger partial charge in [-0.15, -0.1) is 10.2 Å². The van der Waals surface area contributed by atoms with E-state index in [-0.39, 0.29) is 0 Å². The fourth-order valence-electron chi connectivity index (χ4n) is 1.66. The van der Waals surface area contributed by atoms with Crippen LogP contribution in [-0.2, 0) is 12.3 Å². The van der Waals surface area contributed by atoms with E-state index in [9.17, 15) is 0 Å². The molecule has 0 saturated carbocycles. The van der Waals surface area contributed by atoms with Gasteiger partial charge in [-0.25, -0.2) is 0 Å². The van der Waals surface area contributed by atoms with Crippen LogP contribution in [0.5, 0.6) is 0 Å². The van der Waals surface area contributed by atoms with Crippen LogP contribution in [0.1, 0.15) is 17.2 Å². The van der Waals surface area contributed by atoms with Crippen molar-refractivity contribution in [2.75, 3.05) is 0 Å². The van der Waals surface area contributed by atoms with Crippen molar-refractivity contribution in [3.63, 3.8) is 0 Å². The zero-order valence-electron chi connectivity index (χ0n) is 10.3. The van der Waals surface area contributed by atoms with Crippen LogP contribution in [-0.4, -0.2) is 19.9 Å². The van der Waals surface area contributed by atoms with Crippen LogP contribution in [0.3, 0.4) is 0 Å². The Morgan fingerprint density at radius 1 is 1.37 bits per heavy atom. The fraction of sp³-hybridized carbons (Fsp3) is 0.250. The third-order valence-corrected chi connectivity index (χ3v) is 3.51. The highest BCUT2D eigenvalue weighted by Crippen LogP contribution is 2.21. The second-order valence-corrected chi connectivity index (χ2v) is 4.99. The van der Waals surface area contributed by atoms with Gasteiger partial charge in [-0.1, -0.05) is 16.9 Å². The maximum atomic E-state index is 5.31. The average molecular weight is 276 g/mol. The molecule has 0 saturated heterocycles. The molecule has 6 nitrogen and oxygen atoms in total. The lowest BCUT2D eigenvalue weighted by Gasteiger charge is -2.02. The number of aryl methyl sites for hydroxylation is 1. The minimum absolute atomic E-state index is 0.623. The standard InChI is InChI=1S/C12H12N4O2S/c1-9-5-11(18-15-9)7-19-12-14-13-8-16(12)6-10-3-2-4-17-10/h2-5,8H,6-7H2,1H3. The normalized spacial score (nSPS) is 11.0. The van der Waals surface area contributed by atoms with Crippen molar-refractivity contribution < 1.29 is 8.94 Å². The maximum absolute atomic E-state index is 5.31. The third kappa shape index (κ3) is 2.87. The Kier molecular flexibility index (Phi) is 3.37. The summed E-state index contributed by atoms with van der Waals surface area (Å²) in [7, 11) is 0. The van der Waals surface area contributed by atoms with Gasteiger partial charge in [0.15, 0.2) is 5.16 Å². The molecule has 3 aromatic rings. The monoisotopic (exact) mass is 276 g/mol. The van der Waals surface area contributed by atoms with E-state index in [2.05, 4.69) is 15.4 Å². The number of hydrogen-bond acceptors (Lipinski definition) is 6. The fourth-order valence-corrected chi connectivity index (χ4v) is 2.44. The van der Waals surface area contributed by atoms with Crippen LogP contribution in [0.4, 0.5) is 0 Å². The first-order valence-electron chi connectivity index (χ1n) is 5.76. The molecule has 0 aliphatic carbocycles. The summed E-state index contributed by atoms with van der Waals surface area (Å²) in [4.78, 5) is 0. The molecular formula is C12H12N4O2S. The highest BCUT2D eigenvalue weighted by atomic mass is 32.2. The van der Waals surface area contributed by atoms with Gasteiger partial charge in [-0.3, -0.25) is 0 Å². The SMILES string of the molecule is Cc1cc(CSc2nncn2Cc2ccco2)on1. The lowest BCUT2D eigenvalue weighted by Crippen LogP contribution is -1.99.